The van der Waals surface area contributed by atoms with Gasteiger partial charge >= 0.3 is 0 Å². The Morgan fingerprint density at radius 3 is 2.50 bits per heavy atom. The summed E-state index contributed by atoms with van der Waals surface area (Å²) in [5, 5.41) is 3.66. The standard InChI is InChI=1S/C17H27Br2N/c1-4-7-8-13(5-2)11-17(20-6-3)15-12-14(18)9-10-16(15)19/h9-10,12-13,17,20H,4-8,11H2,1-3H3. The van der Waals surface area contributed by atoms with Gasteiger partial charge in [0.15, 0.2) is 0 Å². The third kappa shape index (κ3) is 5.87. The fraction of sp³-hybridized carbons (Fsp3) is 0.647. The number of nitrogens with one attached hydrogen (secondary N) is 1. The average Bonchev–Trinajstić information content (AvgIpc) is 2.45. The van der Waals surface area contributed by atoms with Crippen molar-refractivity contribution in [2.45, 2.75) is 58.9 Å². The van der Waals surface area contributed by atoms with E-state index in [4.69, 9.17) is 0 Å². The van der Waals surface area contributed by atoms with Gasteiger partial charge in [-0.3, -0.25) is 0 Å². The highest BCUT2D eigenvalue weighted by molar-refractivity contribution is 9.11. The molecule has 0 heterocycles. The molecule has 0 bridgehead atoms. The van der Waals surface area contributed by atoms with E-state index in [1.54, 1.807) is 0 Å². The summed E-state index contributed by atoms with van der Waals surface area (Å²) in [5.74, 6) is 0.810. The lowest BCUT2D eigenvalue weighted by molar-refractivity contribution is 0.356. The Labute approximate surface area is 141 Å². The Morgan fingerprint density at radius 2 is 1.90 bits per heavy atom. The Kier molecular flexibility index (Phi) is 9.06. The number of hydrogen-bond donors (Lipinski definition) is 1. The van der Waals surface area contributed by atoms with Gasteiger partial charge in [0.25, 0.3) is 0 Å². The maximum absolute atomic E-state index is 3.70. The third-order valence-corrected chi connectivity index (χ3v) is 5.11. The average molecular weight is 405 g/mol. The van der Waals surface area contributed by atoms with Crippen LogP contribution in [0.1, 0.15) is 64.5 Å². The lowest BCUT2D eigenvalue weighted by atomic mass is 9.89. The zero-order valence-electron chi connectivity index (χ0n) is 12.9. The van der Waals surface area contributed by atoms with Crippen molar-refractivity contribution in [1.82, 2.24) is 5.32 Å². The molecule has 0 aliphatic rings. The molecular weight excluding hydrogens is 378 g/mol. The lowest BCUT2D eigenvalue weighted by Crippen LogP contribution is -2.24. The molecule has 2 unspecified atom stereocenters. The van der Waals surface area contributed by atoms with E-state index in [0.29, 0.717) is 6.04 Å². The predicted octanol–water partition coefficient (Wildman–Crippen LogP) is 6.47. The number of halogens is 2. The normalized spacial score (nSPS) is 14.2. The van der Waals surface area contributed by atoms with Crippen LogP contribution in [-0.4, -0.2) is 6.54 Å². The van der Waals surface area contributed by atoms with Crippen molar-refractivity contribution < 1.29 is 0 Å². The highest BCUT2D eigenvalue weighted by Gasteiger charge is 2.18. The minimum absolute atomic E-state index is 0.439. The largest absolute Gasteiger partial charge is 0.310 e. The number of unbranched alkanes of at least 4 members (excludes halogenated alkanes) is 1. The molecule has 1 aromatic carbocycles. The van der Waals surface area contributed by atoms with Gasteiger partial charge in [-0.2, -0.15) is 0 Å². The van der Waals surface area contributed by atoms with Crippen molar-refractivity contribution in [2.75, 3.05) is 6.54 Å². The molecule has 0 amide bonds. The minimum atomic E-state index is 0.439. The maximum Gasteiger partial charge on any atom is 0.0334 e. The molecule has 20 heavy (non-hydrogen) atoms. The van der Waals surface area contributed by atoms with Gasteiger partial charge in [0.05, 0.1) is 0 Å². The summed E-state index contributed by atoms with van der Waals surface area (Å²) in [5.41, 5.74) is 1.37. The van der Waals surface area contributed by atoms with E-state index < -0.39 is 0 Å². The van der Waals surface area contributed by atoms with Crippen LogP contribution in [0.2, 0.25) is 0 Å². The molecule has 0 radical (unpaired) electrons. The van der Waals surface area contributed by atoms with E-state index in [1.165, 1.54) is 42.1 Å². The van der Waals surface area contributed by atoms with E-state index >= 15 is 0 Å². The first-order valence-corrected chi connectivity index (χ1v) is 9.39. The van der Waals surface area contributed by atoms with E-state index in [2.05, 4.69) is 76.1 Å². The second kappa shape index (κ2) is 9.97. The molecular formula is C17H27Br2N. The fourth-order valence-corrected chi connectivity index (χ4v) is 3.56. The van der Waals surface area contributed by atoms with Gasteiger partial charge in [0, 0.05) is 15.0 Å². The molecule has 2 atom stereocenters. The van der Waals surface area contributed by atoms with Gasteiger partial charge in [-0.25, -0.2) is 0 Å². The van der Waals surface area contributed by atoms with Gasteiger partial charge in [-0.05, 0) is 42.6 Å². The van der Waals surface area contributed by atoms with Crippen LogP contribution in [0.25, 0.3) is 0 Å². The minimum Gasteiger partial charge on any atom is -0.310 e. The molecule has 1 rings (SSSR count). The van der Waals surface area contributed by atoms with Crippen molar-refractivity contribution in [2.24, 2.45) is 5.92 Å². The van der Waals surface area contributed by atoms with Crippen LogP contribution in [0.5, 0.6) is 0 Å². The molecule has 0 fully saturated rings. The zero-order valence-corrected chi connectivity index (χ0v) is 16.1. The SMILES string of the molecule is CCCCC(CC)CC(NCC)c1cc(Br)ccc1Br. The summed E-state index contributed by atoms with van der Waals surface area (Å²) in [6.45, 7) is 7.79. The fourth-order valence-electron chi connectivity index (χ4n) is 2.66. The second-order valence-corrected chi connectivity index (χ2v) is 7.20. The molecule has 0 aliphatic heterocycles. The van der Waals surface area contributed by atoms with Crippen molar-refractivity contribution in [3.05, 3.63) is 32.7 Å². The van der Waals surface area contributed by atoms with Crippen molar-refractivity contribution >= 4 is 31.9 Å². The van der Waals surface area contributed by atoms with Crippen LogP contribution in [-0.2, 0) is 0 Å². The molecule has 1 nitrogen and oxygen atoms in total. The maximum atomic E-state index is 3.70. The van der Waals surface area contributed by atoms with Gasteiger partial charge in [0.1, 0.15) is 0 Å². The first-order valence-electron chi connectivity index (χ1n) is 7.80. The van der Waals surface area contributed by atoms with E-state index in [9.17, 15) is 0 Å². The summed E-state index contributed by atoms with van der Waals surface area (Å²) < 4.78 is 2.36. The Bertz CT molecular complexity index is 393. The van der Waals surface area contributed by atoms with Crippen LogP contribution >= 0.6 is 31.9 Å². The van der Waals surface area contributed by atoms with E-state index in [0.717, 1.165) is 16.9 Å². The van der Waals surface area contributed by atoms with Crippen LogP contribution in [0.4, 0.5) is 0 Å². The van der Waals surface area contributed by atoms with Gasteiger partial charge < -0.3 is 5.32 Å². The molecule has 0 aromatic heterocycles. The van der Waals surface area contributed by atoms with Crippen molar-refractivity contribution in [1.29, 1.82) is 0 Å². The van der Waals surface area contributed by atoms with Crippen LogP contribution in [0.15, 0.2) is 27.1 Å². The van der Waals surface area contributed by atoms with Crippen molar-refractivity contribution in [3.8, 4) is 0 Å². The van der Waals surface area contributed by atoms with E-state index in [-0.39, 0.29) is 0 Å². The second-order valence-electron chi connectivity index (χ2n) is 5.43. The molecule has 114 valence electrons. The summed E-state index contributed by atoms with van der Waals surface area (Å²) in [4.78, 5) is 0. The summed E-state index contributed by atoms with van der Waals surface area (Å²) in [6.07, 6.45) is 6.48. The molecule has 0 saturated carbocycles. The zero-order chi connectivity index (χ0) is 15.0. The van der Waals surface area contributed by atoms with Crippen LogP contribution in [0, 0.1) is 5.92 Å². The highest BCUT2D eigenvalue weighted by atomic mass is 79.9. The topological polar surface area (TPSA) is 12.0 Å². The highest BCUT2D eigenvalue weighted by Crippen LogP contribution is 2.32. The first-order chi connectivity index (χ1) is 9.62. The number of rotatable bonds is 9. The van der Waals surface area contributed by atoms with Gasteiger partial charge in [-0.1, -0.05) is 78.3 Å². The number of hydrogen-bond acceptors (Lipinski definition) is 1. The Balaban J connectivity index is 2.84. The predicted molar refractivity (Wildman–Crippen MR) is 96.2 cm³/mol. The third-order valence-electron chi connectivity index (χ3n) is 3.90. The monoisotopic (exact) mass is 403 g/mol. The Hall–Kier alpha value is 0.140. The van der Waals surface area contributed by atoms with Crippen LogP contribution in [0.3, 0.4) is 0 Å². The van der Waals surface area contributed by atoms with Gasteiger partial charge in [-0.15, -0.1) is 0 Å². The molecule has 1 aromatic rings. The number of benzene rings is 1. The van der Waals surface area contributed by atoms with Crippen LogP contribution < -0.4 is 5.32 Å². The summed E-state index contributed by atoms with van der Waals surface area (Å²) >= 11 is 7.30. The quantitative estimate of drug-likeness (QED) is 0.497. The van der Waals surface area contributed by atoms with Crippen molar-refractivity contribution in [3.63, 3.8) is 0 Å². The molecule has 0 saturated heterocycles. The summed E-state index contributed by atoms with van der Waals surface area (Å²) in [6, 6.07) is 6.90. The first kappa shape index (κ1) is 18.2. The molecule has 0 spiro atoms. The molecule has 3 heteroatoms. The smallest absolute Gasteiger partial charge is 0.0334 e. The summed E-state index contributed by atoms with van der Waals surface area (Å²) in [7, 11) is 0. The van der Waals surface area contributed by atoms with Gasteiger partial charge in [0.2, 0.25) is 0 Å². The lowest BCUT2D eigenvalue weighted by Gasteiger charge is -2.25. The Morgan fingerprint density at radius 1 is 1.15 bits per heavy atom. The molecule has 0 aliphatic carbocycles. The van der Waals surface area contributed by atoms with E-state index in [1.807, 2.05) is 0 Å². The molecule has 1 N–H and O–H groups in total.